The molecule has 0 heterocycles. The zero-order valence-corrected chi connectivity index (χ0v) is 12.3. The van der Waals surface area contributed by atoms with E-state index in [0.29, 0.717) is 25.7 Å². The van der Waals surface area contributed by atoms with Crippen molar-refractivity contribution in [2.45, 2.75) is 53.4 Å². The molecule has 0 rings (SSSR count). The maximum atomic E-state index is 11.9. The van der Waals surface area contributed by atoms with Gasteiger partial charge in [0.25, 0.3) is 0 Å². The SMILES string of the molecule is CCC(CC)(C(=O)S)C(CC)(CC)C(=O)S. The van der Waals surface area contributed by atoms with Crippen LogP contribution in [0.15, 0.2) is 0 Å². The molecule has 0 aromatic heterocycles. The highest BCUT2D eigenvalue weighted by Crippen LogP contribution is 2.52. The molecule has 0 atom stereocenters. The molecule has 0 aromatic rings. The average molecular weight is 262 g/mol. The molecule has 0 aliphatic carbocycles. The van der Waals surface area contributed by atoms with E-state index < -0.39 is 10.8 Å². The minimum atomic E-state index is -0.682. The zero-order chi connectivity index (χ0) is 13.0. The number of thiol groups is 2. The van der Waals surface area contributed by atoms with Crippen molar-refractivity contribution >= 4 is 35.5 Å². The Bertz CT molecular complexity index is 238. The second-order valence-electron chi connectivity index (χ2n) is 4.19. The van der Waals surface area contributed by atoms with Crippen LogP contribution in [0.4, 0.5) is 0 Å². The molecule has 0 amide bonds. The molecular weight excluding hydrogens is 240 g/mol. The summed E-state index contributed by atoms with van der Waals surface area (Å²) in [5.74, 6) is 0. The van der Waals surface area contributed by atoms with Crippen LogP contribution in [0.25, 0.3) is 0 Å². The van der Waals surface area contributed by atoms with Gasteiger partial charge in [0.2, 0.25) is 0 Å². The molecule has 0 fully saturated rings. The number of hydrogen-bond acceptors (Lipinski definition) is 2. The van der Waals surface area contributed by atoms with Gasteiger partial charge in [0.15, 0.2) is 10.2 Å². The Labute approximate surface area is 109 Å². The summed E-state index contributed by atoms with van der Waals surface area (Å²) >= 11 is 8.02. The Morgan fingerprint density at radius 2 is 0.938 bits per heavy atom. The van der Waals surface area contributed by atoms with Crippen molar-refractivity contribution in [3.8, 4) is 0 Å². The largest absolute Gasteiger partial charge is 0.287 e. The van der Waals surface area contributed by atoms with Gasteiger partial charge in [0.1, 0.15) is 0 Å². The predicted molar refractivity (Wildman–Crippen MR) is 74.0 cm³/mol. The quantitative estimate of drug-likeness (QED) is 0.688. The molecule has 0 bridgehead atoms. The van der Waals surface area contributed by atoms with E-state index in [1.807, 2.05) is 27.7 Å². The fourth-order valence-electron chi connectivity index (χ4n) is 2.87. The summed E-state index contributed by atoms with van der Waals surface area (Å²) in [6, 6.07) is 0. The van der Waals surface area contributed by atoms with Gasteiger partial charge < -0.3 is 0 Å². The summed E-state index contributed by atoms with van der Waals surface area (Å²) in [5.41, 5.74) is -1.36. The highest BCUT2D eigenvalue weighted by atomic mass is 32.1. The van der Waals surface area contributed by atoms with Crippen LogP contribution < -0.4 is 0 Å². The molecule has 0 radical (unpaired) electrons. The van der Waals surface area contributed by atoms with E-state index in [0.717, 1.165) is 0 Å². The molecule has 0 N–H and O–H groups in total. The van der Waals surface area contributed by atoms with Crippen LogP contribution in [-0.4, -0.2) is 10.2 Å². The lowest BCUT2D eigenvalue weighted by atomic mass is 9.59. The predicted octanol–water partition coefficient (Wildman–Crippen LogP) is 3.51. The highest BCUT2D eigenvalue weighted by molar-refractivity contribution is 7.97. The van der Waals surface area contributed by atoms with Gasteiger partial charge in [-0.3, -0.25) is 9.59 Å². The Hall–Kier alpha value is 0.0400. The Balaban J connectivity index is 5.78. The van der Waals surface area contributed by atoms with Gasteiger partial charge in [-0.1, -0.05) is 27.7 Å². The second kappa shape index (κ2) is 6.10. The lowest BCUT2D eigenvalue weighted by Gasteiger charge is -2.45. The monoisotopic (exact) mass is 262 g/mol. The maximum absolute atomic E-state index is 11.9. The van der Waals surface area contributed by atoms with Gasteiger partial charge in [-0.05, 0) is 25.7 Å². The summed E-state index contributed by atoms with van der Waals surface area (Å²) < 4.78 is 0. The molecule has 16 heavy (non-hydrogen) atoms. The average Bonchev–Trinajstić information content (AvgIpc) is 2.25. The van der Waals surface area contributed by atoms with Crippen LogP contribution in [0, 0.1) is 10.8 Å². The number of carbonyl (C=O) groups is 2. The minimum Gasteiger partial charge on any atom is -0.287 e. The number of carbonyl (C=O) groups excluding carboxylic acids is 2. The first kappa shape index (κ1) is 16.0. The second-order valence-corrected chi connectivity index (χ2v) is 5.00. The topological polar surface area (TPSA) is 34.1 Å². The third-order valence-corrected chi connectivity index (χ3v) is 5.01. The summed E-state index contributed by atoms with van der Waals surface area (Å²) in [7, 11) is 0. The van der Waals surface area contributed by atoms with Crippen LogP contribution in [0.5, 0.6) is 0 Å². The first-order valence-electron chi connectivity index (χ1n) is 5.85. The zero-order valence-electron chi connectivity index (χ0n) is 10.5. The van der Waals surface area contributed by atoms with Crippen LogP contribution in [0.1, 0.15) is 53.4 Å². The first-order chi connectivity index (χ1) is 7.38. The van der Waals surface area contributed by atoms with E-state index in [4.69, 9.17) is 0 Å². The fourth-order valence-corrected chi connectivity index (χ4v) is 3.93. The standard InChI is InChI=1S/C12H22O2S2/c1-5-11(6-2,9(13)15)12(7-3,8-4)10(14)16/h5-8H2,1-4H3,(H,13,15)(H,14,16). The fraction of sp³-hybridized carbons (Fsp3) is 0.833. The van der Waals surface area contributed by atoms with Gasteiger partial charge in [-0.25, -0.2) is 0 Å². The molecule has 0 aliphatic rings. The molecule has 0 spiro atoms. The Kier molecular flexibility index (Phi) is 6.12. The maximum Gasteiger partial charge on any atom is 0.193 e. The minimum absolute atomic E-state index is 0.191. The van der Waals surface area contributed by atoms with Crippen molar-refractivity contribution in [1.29, 1.82) is 0 Å². The number of rotatable bonds is 7. The Morgan fingerprint density at radius 3 is 1.00 bits per heavy atom. The van der Waals surface area contributed by atoms with Gasteiger partial charge in [-0.15, -0.1) is 25.3 Å². The molecular formula is C12H22O2S2. The molecule has 94 valence electrons. The summed E-state index contributed by atoms with van der Waals surface area (Å²) in [5, 5.41) is -0.382. The smallest absolute Gasteiger partial charge is 0.193 e. The van der Waals surface area contributed by atoms with Gasteiger partial charge in [-0.2, -0.15) is 0 Å². The van der Waals surface area contributed by atoms with Gasteiger partial charge in [0.05, 0.1) is 10.8 Å². The van der Waals surface area contributed by atoms with Gasteiger partial charge in [0, 0.05) is 0 Å². The molecule has 2 nitrogen and oxygen atoms in total. The molecule has 4 heteroatoms. The first-order valence-corrected chi connectivity index (χ1v) is 6.74. The molecule has 0 aliphatic heterocycles. The van der Waals surface area contributed by atoms with Crippen molar-refractivity contribution in [2.75, 3.05) is 0 Å². The van der Waals surface area contributed by atoms with Crippen LogP contribution in [0.2, 0.25) is 0 Å². The van der Waals surface area contributed by atoms with Crippen molar-refractivity contribution in [3.05, 3.63) is 0 Å². The van der Waals surface area contributed by atoms with Crippen molar-refractivity contribution in [1.82, 2.24) is 0 Å². The third kappa shape index (κ3) is 2.19. The molecule has 0 saturated heterocycles. The highest BCUT2D eigenvalue weighted by Gasteiger charge is 2.54. The Morgan fingerprint density at radius 1 is 0.750 bits per heavy atom. The summed E-state index contributed by atoms with van der Waals surface area (Å²) in [6.07, 6.45) is 2.50. The van der Waals surface area contributed by atoms with Crippen molar-refractivity contribution in [2.24, 2.45) is 10.8 Å². The third-order valence-electron chi connectivity index (χ3n) is 4.15. The molecule has 0 unspecified atom stereocenters. The van der Waals surface area contributed by atoms with Crippen LogP contribution >= 0.6 is 25.3 Å². The van der Waals surface area contributed by atoms with E-state index in [1.165, 1.54) is 0 Å². The van der Waals surface area contributed by atoms with Crippen LogP contribution in [0.3, 0.4) is 0 Å². The lowest BCUT2D eigenvalue weighted by Crippen LogP contribution is -2.48. The molecule has 0 aromatic carbocycles. The lowest BCUT2D eigenvalue weighted by molar-refractivity contribution is -0.140. The van der Waals surface area contributed by atoms with E-state index in [2.05, 4.69) is 25.3 Å². The van der Waals surface area contributed by atoms with Gasteiger partial charge >= 0.3 is 0 Å². The van der Waals surface area contributed by atoms with Crippen molar-refractivity contribution in [3.63, 3.8) is 0 Å². The van der Waals surface area contributed by atoms with E-state index in [9.17, 15) is 9.59 Å². The normalized spacial score (nSPS) is 12.6. The van der Waals surface area contributed by atoms with Crippen LogP contribution in [-0.2, 0) is 9.59 Å². The van der Waals surface area contributed by atoms with Crippen molar-refractivity contribution < 1.29 is 9.59 Å². The summed E-state index contributed by atoms with van der Waals surface area (Å²) in [4.78, 5) is 23.7. The van der Waals surface area contributed by atoms with E-state index in [-0.39, 0.29) is 10.2 Å². The molecule has 0 saturated carbocycles. The number of hydrogen-bond donors (Lipinski definition) is 2. The van der Waals surface area contributed by atoms with E-state index >= 15 is 0 Å². The summed E-state index contributed by atoms with van der Waals surface area (Å²) in [6.45, 7) is 7.76. The van der Waals surface area contributed by atoms with E-state index in [1.54, 1.807) is 0 Å².